The van der Waals surface area contributed by atoms with E-state index in [1.54, 1.807) is 7.11 Å². The fraction of sp³-hybridized carbons (Fsp3) is 0.355. The molecule has 2 aliphatic heterocycles. The van der Waals surface area contributed by atoms with Gasteiger partial charge in [0.2, 0.25) is 15.9 Å². The lowest BCUT2D eigenvalue weighted by Gasteiger charge is -2.41. The van der Waals surface area contributed by atoms with Gasteiger partial charge in [0.15, 0.2) is 0 Å². The van der Waals surface area contributed by atoms with Gasteiger partial charge in [-0.1, -0.05) is 36.4 Å². The van der Waals surface area contributed by atoms with Crippen LogP contribution < -0.4 is 14.8 Å². The van der Waals surface area contributed by atoms with Crippen LogP contribution in [0.4, 0.5) is 9.18 Å². The van der Waals surface area contributed by atoms with E-state index in [1.165, 1.54) is 0 Å². The predicted octanol–water partition coefficient (Wildman–Crippen LogP) is 3.34. The number of rotatable bonds is 11. The minimum absolute atomic E-state index is 0.0592. The first kappa shape index (κ1) is 31.4. The van der Waals surface area contributed by atoms with Crippen LogP contribution in [0.3, 0.4) is 0 Å². The van der Waals surface area contributed by atoms with Crippen LogP contribution in [0.1, 0.15) is 17.5 Å². The van der Waals surface area contributed by atoms with Gasteiger partial charge in [-0.3, -0.25) is 4.79 Å². The van der Waals surface area contributed by atoms with Gasteiger partial charge in [0.05, 0.1) is 36.0 Å². The van der Waals surface area contributed by atoms with Gasteiger partial charge in [0.25, 0.3) is 0 Å². The molecule has 0 aromatic heterocycles. The molecule has 0 spiro atoms. The largest absolute Gasteiger partial charge is 0.465 e. The Morgan fingerprint density at radius 3 is 2.25 bits per heavy atom. The van der Waals surface area contributed by atoms with E-state index >= 15 is 0 Å². The van der Waals surface area contributed by atoms with Crippen LogP contribution in [0.2, 0.25) is 0 Å². The molecule has 3 aromatic carbocycles. The van der Waals surface area contributed by atoms with E-state index in [0.717, 1.165) is 40.3 Å². The van der Waals surface area contributed by atoms with E-state index in [4.69, 9.17) is 14.2 Å². The fourth-order valence-electron chi connectivity index (χ4n) is 5.77. The Bertz CT molecular complexity index is 1560. The topological polar surface area (TPSA) is 143 Å². The number of ether oxygens (including phenoxy) is 3. The molecule has 3 N–H and O–H groups in total. The van der Waals surface area contributed by atoms with E-state index in [2.05, 4.69) is 10.0 Å². The molecule has 2 heterocycles. The van der Waals surface area contributed by atoms with Gasteiger partial charge in [-0.2, -0.15) is 0 Å². The van der Waals surface area contributed by atoms with E-state index < -0.39 is 45.2 Å². The molecule has 2 amide bonds. The average molecular weight is 628 g/mol. The van der Waals surface area contributed by atoms with Crippen LogP contribution in [0, 0.1) is 11.7 Å². The Labute approximate surface area is 255 Å². The number of para-hydroxylation sites is 2. The summed E-state index contributed by atoms with van der Waals surface area (Å²) in [5, 5.41) is 12.8. The average Bonchev–Trinajstić information content (AvgIpc) is 3.01. The summed E-state index contributed by atoms with van der Waals surface area (Å²) >= 11 is 0. The molecule has 1 fully saturated rings. The third-order valence-corrected chi connectivity index (χ3v) is 9.44. The zero-order valence-corrected chi connectivity index (χ0v) is 24.9. The summed E-state index contributed by atoms with van der Waals surface area (Å²) < 4.78 is 59.2. The zero-order valence-electron chi connectivity index (χ0n) is 24.1. The normalized spacial score (nSPS) is 18.9. The molecular weight excluding hydrogens is 593 g/mol. The highest BCUT2D eigenvalue weighted by Crippen LogP contribution is 2.48. The van der Waals surface area contributed by atoms with Gasteiger partial charge in [-0.25, -0.2) is 22.3 Å². The summed E-state index contributed by atoms with van der Waals surface area (Å²) in [7, 11) is -2.53. The monoisotopic (exact) mass is 627 g/mol. The van der Waals surface area contributed by atoms with Crippen molar-refractivity contribution in [2.45, 2.75) is 22.8 Å². The number of carboxylic acid groups (broad SMARTS) is 1. The first-order valence-electron chi connectivity index (χ1n) is 14.1. The Kier molecular flexibility index (Phi) is 9.49. The Morgan fingerprint density at radius 1 is 1.00 bits per heavy atom. The van der Waals surface area contributed by atoms with Crippen LogP contribution >= 0.6 is 0 Å². The second kappa shape index (κ2) is 13.3. The van der Waals surface area contributed by atoms with Gasteiger partial charge in [-0.15, -0.1) is 0 Å². The van der Waals surface area contributed by atoms with Crippen molar-refractivity contribution in [2.24, 2.45) is 5.92 Å². The molecular formula is C31H34FN3O8S. The highest BCUT2D eigenvalue weighted by molar-refractivity contribution is 7.89. The number of fused-ring (bicyclic) bond motifs is 2. The number of hydrogen-bond donors (Lipinski definition) is 3. The molecule has 2 aliphatic rings. The highest BCUT2D eigenvalue weighted by Gasteiger charge is 2.44. The first-order chi connectivity index (χ1) is 21.1. The van der Waals surface area contributed by atoms with Crippen LogP contribution in [-0.2, 0) is 29.7 Å². The maximum absolute atomic E-state index is 13.7. The number of halogens is 1. The molecule has 0 aliphatic carbocycles. The number of benzene rings is 3. The number of amides is 2. The number of nitrogens with zero attached hydrogens (tertiary/aromatic N) is 1. The van der Waals surface area contributed by atoms with Gasteiger partial charge in [0, 0.05) is 43.9 Å². The summed E-state index contributed by atoms with van der Waals surface area (Å²) in [6.07, 6.45) is -1.22. The van der Waals surface area contributed by atoms with Crippen molar-refractivity contribution in [3.05, 3.63) is 89.7 Å². The van der Waals surface area contributed by atoms with Gasteiger partial charge >= 0.3 is 6.09 Å². The number of methoxy groups -OCH3 is 1. The quantitative estimate of drug-likeness (QED) is 0.275. The minimum atomic E-state index is -4.10. The summed E-state index contributed by atoms with van der Waals surface area (Å²) in [6.45, 7) is 0.748. The lowest BCUT2D eigenvalue weighted by Crippen LogP contribution is -2.56. The second-order valence-corrected chi connectivity index (χ2v) is 12.5. The fourth-order valence-corrected chi connectivity index (χ4v) is 7.01. The van der Waals surface area contributed by atoms with Crippen LogP contribution in [-0.4, -0.2) is 83.0 Å². The van der Waals surface area contributed by atoms with E-state index in [9.17, 15) is 27.5 Å². The van der Waals surface area contributed by atoms with Crippen LogP contribution in [0.15, 0.2) is 77.7 Å². The minimum Gasteiger partial charge on any atom is -0.465 e. The standard InChI is InChI=1S/C31H34FN3O8S/c1-41-14-15-42-20-31(25-6-2-4-8-27(25)43-28-9-5-3-7-26(28)31)19-33-29(36)21-16-23(18-35(17-21)30(37)38)34-44(39,40)24-12-10-22(32)11-13-24/h2-13,21,23,34H,14-20H2,1H3,(H,33,36)(H,37,38)/t21-,23+/m0/s1. The zero-order chi connectivity index (χ0) is 31.3. The van der Waals surface area contributed by atoms with Crippen LogP contribution in [0.5, 0.6) is 11.5 Å². The molecule has 3 aromatic rings. The molecule has 2 atom stereocenters. The van der Waals surface area contributed by atoms with Gasteiger partial charge < -0.3 is 29.5 Å². The maximum atomic E-state index is 13.7. The van der Waals surface area contributed by atoms with Crippen molar-refractivity contribution in [1.29, 1.82) is 0 Å². The molecule has 0 radical (unpaired) electrons. The lowest BCUT2D eigenvalue weighted by atomic mass is 9.72. The lowest BCUT2D eigenvalue weighted by molar-refractivity contribution is -0.127. The third kappa shape index (κ3) is 6.70. The number of carbonyl (C=O) groups excluding carboxylic acids is 1. The van der Waals surface area contributed by atoms with E-state index in [0.29, 0.717) is 24.7 Å². The summed E-state index contributed by atoms with van der Waals surface area (Å²) in [5.74, 6) is -0.620. The first-order valence-corrected chi connectivity index (χ1v) is 15.6. The summed E-state index contributed by atoms with van der Waals surface area (Å²) in [4.78, 5) is 26.6. The summed E-state index contributed by atoms with van der Waals surface area (Å²) in [5.41, 5.74) is 0.786. The summed E-state index contributed by atoms with van der Waals surface area (Å²) in [6, 6.07) is 18.4. The van der Waals surface area contributed by atoms with E-state index in [-0.39, 0.29) is 37.6 Å². The Balaban J connectivity index is 1.39. The number of likely N-dealkylation sites (tertiary alicyclic amines) is 1. The molecule has 0 bridgehead atoms. The van der Waals surface area contributed by atoms with Crippen molar-refractivity contribution in [3.63, 3.8) is 0 Å². The number of carbonyl (C=O) groups is 2. The number of sulfonamides is 1. The Hall–Kier alpha value is -4.04. The molecule has 44 heavy (non-hydrogen) atoms. The Morgan fingerprint density at radius 2 is 1.64 bits per heavy atom. The molecule has 13 heteroatoms. The van der Waals surface area contributed by atoms with Gasteiger partial charge in [-0.05, 0) is 42.8 Å². The molecule has 1 saturated heterocycles. The molecule has 0 unspecified atom stereocenters. The van der Waals surface area contributed by atoms with Gasteiger partial charge in [0.1, 0.15) is 17.3 Å². The number of nitrogens with one attached hydrogen (secondary N) is 2. The highest BCUT2D eigenvalue weighted by atomic mass is 32.2. The second-order valence-electron chi connectivity index (χ2n) is 10.8. The third-order valence-electron chi connectivity index (χ3n) is 7.91. The molecule has 234 valence electrons. The van der Waals surface area contributed by atoms with E-state index in [1.807, 2.05) is 48.5 Å². The van der Waals surface area contributed by atoms with Crippen molar-refractivity contribution >= 4 is 22.0 Å². The number of hydrogen-bond acceptors (Lipinski definition) is 7. The SMILES string of the molecule is COCCOCC1(CNC(=O)[C@H]2C[C@@H](NS(=O)(=O)c3ccc(F)cc3)CN(C(=O)O)C2)c2ccccc2Oc2ccccc21. The van der Waals surface area contributed by atoms with Crippen LogP contribution in [0.25, 0.3) is 0 Å². The van der Waals surface area contributed by atoms with Crippen molar-refractivity contribution in [1.82, 2.24) is 14.9 Å². The predicted molar refractivity (Wildman–Crippen MR) is 158 cm³/mol. The molecule has 11 nitrogen and oxygen atoms in total. The number of piperidine rings is 1. The molecule has 5 rings (SSSR count). The van der Waals surface area contributed by atoms with Crippen molar-refractivity contribution in [3.8, 4) is 11.5 Å². The smallest absolute Gasteiger partial charge is 0.407 e. The molecule has 0 saturated carbocycles. The maximum Gasteiger partial charge on any atom is 0.407 e. The van der Waals surface area contributed by atoms with Crippen molar-refractivity contribution < 1.29 is 41.7 Å². The van der Waals surface area contributed by atoms with Crippen molar-refractivity contribution in [2.75, 3.05) is 46.6 Å².